The van der Waals surface area contributed by atoms with Gasteiger partial charge in [0, 0.05) is 98.5 Å². The van der Waals surface area contributed by atoms with Crippen LogP contribution in [0.3, 0.4) is 0 Å². The Balaban J connectivity index is 0.000000115. The fourth-order valence-electron chi connectivity index (χ4n) is 10.4. The number of carbonyl (C=O) groups excluding carboxylic acids is 1. The number of nitrogen functional groups attached to an aromatic ring is 1. The number of hydrazone groups is 4. The second kappa shape index (κ2) is 25.3. The smallest absolute Gasteiger partial charge is 0.255 e. The van der Waals surface area contributed by atoms with Crippen molar-refractivity contribution in [2.45, 2.75) is 6.92 Å². The lowest BCUT2D eigenvalue weighted by Gasteiger charge is -2.21. The highest BCUT2D eigenvalue weighted by molar-refractivity contribution is 7.80. The fraction of sp³-hybridized carbons (Fsp3) is 0.0923. The average Bonchev–Trinajstić information content (AvgIpc) is 1.88. The molecule has 89 heavy (non-hydrogen) atoms. The molecule has 442 valence electrons. The van der Waals surface area contributed by atoms with Crippen molar-refractivity contribution in [2.75, 3.05) is 60.7 Å². The van der Waals surface area contributed by atoms with Crippen LogP contribution in [0.15, 0.2) is 220 Å². The average molecular weight is 1280 g/mol. The summed E-state index contributed by atoms with van der Waals surface area (Å²) in [6.07, 6.45) is 0. The normalized spacial score (nSPS) is 14.3. The predicted molar refractivity (Wildman–Crippen MR) is 361 cm³/mol. The first-order valence-electron chi connectivity index (χ1n) is 27.6. The number of hydrogen-bond acceptors (Lipinski definition) is 15. The molecule has 0 radical (unpaired) electrons. The number of hydrogen-bond donors (Lipinski definition) is 2. The summed E-state index contributed by atoms with van der Waals surface area (Å²) in [4.78, 5) is 18.2. The Labute approximate surface area is 537 Å². The molecule has 0 atom stereocenters. The Hall–Kier alpha value is -10.1. The van der Waals surface area contributed by atoms with Gasteiger partial charge in [-0.15, -0.1) is 20.4 Å². The molecule has 3 N–H and O–H groups in total. The number of aliphatic imine (C=N–C) groups is 1. The number of nitrogens with one attached hydrogen (secondary N) is 1. The summed E-state index contributed by atoms with van der Waals surface area (Å²) >= 11 is 30.1. The molecule has 5 aliphatic rings. The first-order chi connectivity index (χ1) is 43.1. The molecule has 0 unspecified atom stereocenters. The molecule has 24 heteroatoms. The molecule has 5 aliphatic heterocycles. The number of halogens is 4. The fourth-order valence-corrected chi connectivity index (χ4v) is 11.2. The predicted octanol–water partition coefficient (Wildman–Crippen LogP) is 12.6. The van der Waals surface area contributed by atoms with E-state index in [0.29, 0.717) is 49.0 Å². The number of fused-ring (bicyclic) bond motifs is 10. The second-order valence-corrected chi connectivity index (χ2v) is 22.5. The Morgan fingerprint density at radius 1 is 0.449 bits per heavy atom. The first-order valence-corrected chi connectivity index (χ1v) is 29.5. The lowest BCUT2D eigenvalue weighted by Crippen LogP contribution is -2.39. The van der Waals surface area contributed by atoms with Gasteiger partial charge in [0.1, 0.15) is 35.2 Å². The molecule has 0 spiro atoms. The zero-order valence-electron chi connectivity index (χ0n) is 48.2. The van der Waals surface area contributed by atoms with E-state index in [1.165, 1.54) is 0 Å². The van der Waals surface area contributed by atoms with Crippen LogP contribution < -0.4 is 26.0 Å². The Morgan fingerprint density at radius 2 is 0.831 bits per heavy atom. The van der Waals surface area contributed by atoms with Crippen LogP contribution in [0, 0.1) is 6.92 Å². The minimum absolute atomic E-state index is 0.0695. The highest BCUT2D eigenvalue weighted by Crippen LogP contribution is 2.36. The molecule has 0 saturated heterocycles. The van der Waals surface area contributed by atoms with Crippen LogP contribution in [0.4, 0.5) is 29.2 Å². The highest BCUT2D eigenvalue weighted by atomic mass is 35.5. The largest absolute Gasteiger partial charge is 0.368 e. The third kappa shape index (κ3) is 12.1. The lowest BCUT2D eigenvalue weighted by atomic mass is 10.0. The molecule has 8 aromatic carbocycles. The van der Waals surface area contributed by atoms with Gasteiger partial charge in [-0.05, 0) is 91.9 Å². The Morgan fingerprint density at radius 3 is 1.33 bits per heavy atom. The summed E-state index contributed by atoms with van der Waals surface area (Å²) in [5.41, 5.74) is 20.3. The van der Waals surface area contributed by atoms with E-state index < -0.39 is 0 Å². The molecule has 19 nitrogen and oxygen atoms in total. The van der Waals surface area contributed by atoms with Crippen molar-refractivity contribution >= 4 is 128 Å². The number of aryl methyl sites for hydroxylation is 1. The van der Waals surface area contributed by atoms with Gasteiger partial charge in [0.15, 0.2) is 5.11 Å². The number of anilines is 5. The van der Waals surface area contributed by atoms with E-state index in [1.54, 1.807) is 42.6 Å². The molecule has 0 fully saturated rings. The summed E-state index contributed by atoms with van der Waals surface area (Å²) in [7, 11) is 7.30. The molecule has 10 aromatic rings. The molecule has 1 amide bonds. The van der Waals surface area contributed by atoms with E-state index in [0.717, 1.165) is 95.9 Å². The van der Waals surface area contributed by atoms with E-state index >= 15 is 0 Å². The molecule has 0 aliphatic carbocycles. The third-order valence-corrected chi connectivity index (χ3v) is 15.8. The number of thiocarbonyl (C=S) groups is 1. The Kier molecular flexibility index (Phi) is 16.9. The molecule has 0 bridgehead atoms. The zero-order valence-corrected chi connectivity index (χ0v) is 52.1. The van der Waals surface area contributed by atoms with Gasteiger partial charge >= 0.3 is 0 Å². The minimum atomic E-state index is -0.0695. The SMILES string of the molecule is CN1N=C(c2ccccc2)c2cc(Cl)ccc2-n2c(N)nnc21.CN1N=C(c2ccccc2)c2cc(Cl)ccc2N2C(=O)CN=C12.CN1N=C(c2ccccc2)c2cc(Cl)ccc2NC1=S.Cc1nnc2n1-c1ccc(Cl)cc1C(c1ccccc1)=NN2C. The van der Waals surface area contributed by atoms with Crippen LogP contribution in [0.2, 0.25) is 20.1 Å². The van der Waals surface area contributed by atoms with E-state index in [1.807, 2.05) is 221 Å². The van der Waals surface area contributed by atoms with Gasteiger partial charge in [-0.1, -0.05) is 168 Å². The number of benzene rings is 8. The number of carbonyl (C=O) groups is 1. The number of rotatable bonds is 4. The molecular weight excluding hydrogens is 1220 g/mol. The van der Waals surface area contributed by atoms with Gasteiger partial charge in [-0.25, -0.2) is 34.5 Å². The van der Waals surface area contributed by atoms with E-state index in [4.69, 9.17) is 74.6 Å². The zero-order chi connectivity index (χ0) is 62.0. The second-order valence-electron chi connectivity index (χ2n) is 20.4. The van der Waals surface area contributed by atoms with E-state index in [-0.39, 0.29) is 12.5 Å². The van der Waals surface area contributed by atoms with Crippen molar-refractivity contribution in [1.29, 1.82) is 0 Å². The van der Waals surface area contributed by atoms with Crippen LogP contribution in [0.25, 0.3) is 11.4 Å². The molecular formula is C65H52Cl4N18OS. The lowest BCUT2D eigenvalue weighted by molar-refractivity contribution is -0.115. The third-order valence-electron chi connectivity index (χ3n) is 14.5. The molecule has 7 heterocycles. The van der Waals surface area contributed by atoms with Crippen molar-refractivity contribution in [2.24, 2.45) is 25.4 Å². The summed E-state index contributed by atoms with van der Waals surface area (Å²) < 4.78 is 3.76. The number of guanidine groups is 1. The van der Waals surface area contributed by atoms with Crippen LogP contribution in [-0.4, -0.2) is 114 Å². The van der Waals surface area contributed by atoms with Gasteiger partial charge < -0.3 is 11.1 Å². The number of aromatic nitrogens is 6. The topological polar surface area (TPSA) is 195 Å². The van der Waals surface area contributed by atoms with Gasteiger partial charge in [0.05, 0.1) is 17.1 Å². The van der Waals surface area contributed by atoms with E-state index in [9.17, 15) is 4.79 Å². The van der Waals surface area contributed by atoms with Gasteiger partial charge in [-0.3, -0.25) is 9.36 Å². The number of amides is 1. The van der Waals surface area contributed by atoms with Crippen LogP contribution in [0.1, 0.15) is 50.3 Å². The molecule has 0 saturated carbocycles. The number of nitrogens with zero attached hydrogens (tertiary/aromatic N) is 16. The van der Waals surface area contributed by atoms with Crippen molar-refractivity contribution in [3.63, 3.8) is 0 Å². The quantitative estimate of drug-likeness (QED) is 0.159. The van der Waals surface area contributed by atoms with Gasteiger partial charge in [-0.2, -0.15) is 20.4 Å². The van der Waals surface area contributed by atoms with Crippen molar-refractivity contribution in [3.05, 3.63) is 265 Å². The first kappa shape index (κ1) is 59.3. The summed E-state index contributed by atoms with van der Waals surface area (Å²) in [6.45, 7) is 2.06. The Bertz CT molecular complexity index is 4380. The molecule has 15 rings (SSSR count). The van der Waals surface area contributed by atoms with Crippen LogP contribution in [-0.2, 0) is 4.79 Å². The maximum atomic E-state index is 12.3. The van der Waals surface area contributed by atoms with Gasteiger partial charge in [0.2, 0.25) is 11.9 Å². The molecule has 2 aromatic heterocycles. The summed E-state index contributed by atoms with van der Waals surface area (Å²) in [6, 6.07) is 62.3. The minimum Gasteiger partial charge on any atom is -0.368 e. The summed E-state index contributed by atoms with van der Waals surface area (Å²) in [5, 5.41) is 48.2. The standard InChI is InChI=1S/C17H14ClN5.C17H13ClN4O.C16H13ClN6.C15H12ClN3S/c1-11-19-20-17-22(2)21-16(12-6-4-3-5-7-12)14-10-13(18)8-9-15(14)23(11)17;1-21-17-19-10-15(23)22(17)14-8-7-12(18)9-13(14)16(20-21)11-5-3-2-4-6-11;1-22-16-20-19-15(18)23(16)13-8-7-11(17)9-12(13)14(21-22)10-5-3-2-4-6-10;1-19-15(20)17-13-8-7-11(16)9-12(13)14(18-19)10-5-3-2-4-6-10/h3-10H,1-2H3;2-9H,10H2,1H3;2-9H,1H3,(H2,18,19);2-9H,1H3,(H,17,20). The maximum absolute atomic E-state index is 12.3. The van der Waals surface area contributed by atoms with Crippen LogP contribution in [0.5, 0.6) is 0 Å². The number of nitrogens with two attached hydrogens (primary N) is 1. The highest BCUT2D eigenvalue weighted by Gasteiger charge is 2.35. The van der Waals surface area contributed by atoms with Crippen molar-refractivity contribution < 1.29 is 4.79 Å². The van der Waals surface area contributed by atoms with E-state index in [2.05, 4.69) is 40.9 Å². The van der Waals surface area contributed by atoms with Crippen LogP contribution >= 0.6 is 58.6 Å². The monoisotopic (exact) mass is 1270 g/mol. The van der Waals surface area contributed by atoms with Crippen molar-refractivity contribution in [3.8, 4) is 11.4 Å². The van der Waals surface area contributed by atoms with Gasteiger partial charge in [0.25, 0.3) is 17.8 Å². The maximum Gasteiger partial charge on any atom is 0.255 e. The van der Waals surface area contributed by atoms with Crippen molar-refractivity contribution in [1.82, 2.24) is 39.5 Å². The summed E-state index contributed by atoms with van der Waals surface area (Å²) in [5.74, 6) is 2.80.